The second-order valence-corrected chi connectivity index (χ2v) is 5.26. The molecular formula is C15H22N2O2. The number of rotatable bonds is 5. The van der Waals surface area contributed by atoms with Gasteiger partial charge in [0.1, 0.15) is 0 Å². The van der Waals surface area contributed by atoms with Crippen LogP contribution >= 0.6 is 0 Å². The van der Waals surface area contributed by atoms with Crippen LogP contribution in [0.25, 0.3) is 0 Å². The third kappa shape index (κ3) is 3.14. The number of amides is 1. The average Bonchev–Trinajstić information content (AvgIpc) is 2.85. The third-order valence-corrected chi connectivity index (χ3v) is 3.53. The molecule has 1 aliphatic heterocycles. The molecule has 4 nitrogen and oxygen atoms in total. The summed E-state index contributed by atoms with van der Waals surface area (Å²) in [5, 5.41) is 12.2. The maximum absolute atomic E-state index is 12.5. The molecule has 0 saturated carbocycles. The number of fused-ring (bicyclic) bond motifs is 1. The van der Waals surface area contributed by atoms with Crippen molar-refractivity contribution in [1.82, 2.24) is 10.2 Å². The van der Waals surface area contributed by atoms with E-state index in [4.69, 9.17) is 5.11 Å². The zero-order valence-corrected chi connectivity index (χ0v) is 11.6. The van der Waals surface area contributed by atoms with Crippen molar-refractivity contribution >= 4 is 5.91 Å². The third-order valence-electron chi connectivity index (χ3n) is 3.53. The monoisotopic (exact) mass is 262 g/mol. The zero-order valence-electron chi connectivity index (χ0n) is 11.6. The van der Waals surface area contributed by atoms with Crippen molar-refractivity contribution in [2.24, 2.45) is 0 Å². The molecule has 4 heteroatoms. The SMILES string of the molecule is CC(C)N(CCCO)C(=O)c1ccc2c(c1)CNC2. The van der Waals surface area contributed by atoms with Crippen LogP contribution in [0, 0.1) is 0 Å². The molecule has 0 atom stereocenters. The van der Waals surface area contributed by atoms with E-state index in [0.29, 0.717) is 13.0 Å². The Morgan fingerprint density at radius 1 is 1.37 bits per heavy atom. The van der Waals surface area contributed by atoms with Gasteiger partial charge >= 0.3 is 0 Å². The van der Waals surface area contributed by atoms with Crippen molar-refractivity contribution in [3.05, 3.63) is 34.9 Å². The fourth-order valence-corrected chi connectivity index (χ4v) is 2.43. The van der Waals surface area contributed by atoms with Crippen LogP contribution < -0.4 is 5.32 Å². The molecule has 1 aromatic carbocycles. The standard InChI is InChI=1S/C15H22N2O2/c1-11(2)17(6-3-7-18)15(19)12-4-5-13-9-16-10-14(13)8-12/h4-5,8,11,16,18H,3,6-7,9-10H2,1-2H3. The van der Waals surface area contributed by atoms with Crippen LogP contribution in [-0.2, 0) is 13.1 Å². The van der Waals surface area contributed by atoms with Crippen molar-refractivity contribution < 1.29 is 9.90 Å². The van der Waals surface area contributed by atoms with Gasteiger partial charge in [-0.2, -0.15) is 0 Å². The van der Waals surface area contributed by atoms with Gasteiger partial charge in [0.05, 0.1) is 0 Å². The number of hydrogen-bond donors (Lipinski definition) is 2. The molecule has 19 heavy (non-hydrogen) atoms. The second-order valence-electron chi connectivity index (χ2n) is 5.26. The van der Waals surface area contributed by atoms with Gasteiger partial charge < -0.3 is 15.3 Å². The lowest BCUT2D eigenvalue weighted by molar-refractivity contribution is 0.0693. The van der Waals surface area contributed by atoms with E-state index in [9.17, 15) is 4.79 Å². The summed E-state index contributed by atoms with van der Waals surface area (Å²) in [6.07, 6.45) is 0.621. The number of nitrogens with one attached hydrogen (secondary N) is 1. The van der Waals surface area contributed by atoms with Crippen LogP contribution in [0.1, 0.15) is 41.8 Å². The van der Waals surface area contributed by atoms with Gasteiger partial charge in [0.15, 0.2) is 0 Å². The molecular weight excluding hydrogens is 240 g/mol. The van der Waals surface area contributed by atoms with Crippen molar-refractivity contribution in [2.75, 3.05) is 13.2 Å². The second kappa shape index (κ2) is 6.17. The number of aliphatic hydroxyl groups is 1. The van der Waals surface area contributed by atoms with Crippen LogP contribution in [0.15, 0.2) is 18.2 Å². The van der Waals surface area contributed by atoms with Crippen LogP contribution in [0.4, 0.5) is 0 Å². The Morgan fingerprint density at radius 3 is 2.79 bits per heavy atom. The van der Waals surface area contributed by atoms with Gasteiger partial charge in [-0.05, 0) is 43.5 Å². The molecule has 104 valence electrons. The first kappa shape index (κ1) is 14.0. The summed E-state index contributed by atoms with van der Waals surface area (Å²) in [6.45, 7) is 6.46. The van der Waals surface area contributed by atoms with Crippen molar-refractivity contribution in [3.63, 3.8) is 0 Å². The predicted octanol–water partition coefficient (Wildman–Crippen LogP) is 1.52. The summed E-state index contributed by atoms with van der Waals surface area (Å²) in [7, 11) is 0. The normalized spacial score (nSPS) is 13.7. The lowest BCUT2D eigenvalue weighted by Gasteiger charge is -2.26. The summed E-state index contributed by atoms with van der Waals surface area (Å²) in [6, 6.07) is 6.08. The molecule has 1 aliphatic rings. The van der Waals surface area contributed by atoms with Gasteiger partial charge in [-0.1, -0.05) is 6.07 Å². The summed E-state index contributed by atoms with van der Waals surface area (Å²) in [5.41, 5.74) is 3.24. The minimum atomic E-state index is 0.0538. The minimum absolute atomic E-state index is 0.0538. The number of nitrogens with zero attached hydrogens (tertiary/aromatic N) is 1. The van der Waals surface area contributed by atoms with Gasteiger partial charge in [0.2, 0.25) is 0 Å². The highest BCUT2D eigenvalue weighted by molar-refractivity contribution is 5.94. The van der Waals surface area contributed by atoms with Gasteiger partial charge in [-0.15, -0.1) is 0 Å². The van der Waals surface area contributed by atoms with Crippen LogP contribution in [0.2, 0.25) is 0 Å². The van der Waals surface area contributed by atoms with Gasteiger partial charge in [0.25, 0.3) is 5.91 Å². The molecule has 0 bridgehead atoms. The Labute approximate surface area is 114 Å². The molecule has 1 heterocycles. The lowest BCUT2D eigenvalue weighted by atomic mass is 10.0. The Morgan fingerprint density at radius 2 is 2.11 bits per heavy atom. The molecule has 2 rings (SSSR count). The number of carbonyl (C=O) groups excluding carboxylic acids is 1. The largest absolute Gasteiger partial charge is 0.396 e. The fourth-order valence-electron chi connectivity index (χ4n) is 2.43. The van der Waals surface area contributed by atoms with Crippen LogP contribution in [0.3, 0.4) is 0 Å². The van der Waals surface area contributed by atoms with Gasteiger partial charge in [0, 0.05) is 37.8 Å². The number of benzene rings is 1. The molecule has 0 fully saturated rings. The molecule has 1 amide bonds. The number of hydrogen-bond acceptors (Lipinski definition) is 3. The molecule has 0 spiro atoms. The molecule has 0 radical (unpaired) electrons. The minimum Gasteiger partial charge on any atom is -0.396 e. The van der Waals surface area contributed by atoms with Crippen molar-refractivity contribution in [1.29, 1.82) is 0 Å². The molecule has 1 aromatic rings. The molecule has 0 aromatic heterocycles. The Hall–Kier alpha value is -1.39. The molecule has 0 unspecified atom stereocenters. The smallest absolute Gasteiger partial charge is 0.254 e. The molecule has 2 N–H and O–H groups in total. The van der Waals surface area contributed by atoms with Gasteiger partial charge in [-0.3, -0.25) is 4.79 Å². The van der Waals surface area contributed by atoms with Crippen LogP contribution in [-0.4, -0.2) is 35.1 Å². The first-order valence-electron chi connectivity index (χ1n) is 6.88. The fraction of sp³-hybridized carbons (Fsp3) is 0.533. The Balaban J connectivity index is 2.16. The van der Waals surface area contributed by atoms with E-state index in [0.717, 1.165) is 18.7 Å². The Kier molecular flexibility index (Phi) is 4.56. The topological polar surface area (TPSA) is 52.6 Å². The van der Waals surface area contributed by atoms with Crippen LogP contribution in [0.5, 0.6) is 0 Å². The van der Waals surface area contributed by atoms with E-state index >= 15 is 0 Å². The highest BCUT2D eigenvalue weighted by Crippen LogP contribution is 2.19. The first-order chi connectivity index (χ1) is 9.13. The van der Waals surface area contributed by atoms with E-state index in [1.807, 2.05) is 36.9 Å². The Bertz CT molecular complexity index is 457. The van der Waals surface area contributed by atoms with Crippen molar-refractivity contribution in [2.45, 2.75) is 39.4 Å². The van der Waals surface area contributed by atoms with Crippen molar-refractivity contribution in [3.8, 4) is 0 Å². The maximum Gasteiger partial charge on any atom is 0.254 e. The predicted molar refractivity (Wildman–Crippen MR) is 74.9 cm³/mol. The van der Waals surface area contributed by atoms with E-state index in [1.165, 1.54) is 11.1 Å². The van der Waals surface area contributed by atoms with Gasteiger partial charge in [-0.25, -0.2) is 0 Å². The first-order valence-corrected chi connectivity index (χ1v) is 6.88. The number of carbonyl (C=O) groups is 1. The summed E-state index contributed by atoms with van der Waals surface area (Å²) < 4.78 is 0. The summed E-state index contributed by atoms with van der Waals surface area (Å²) >= 11 is 0. The molecule has 0 saturated heterocycles. The lowest BCUT2D eigenvalue weighted by Crippen LogP contribution is -2.38. The van der Waals surface area contributed by atoms with E-state index < -0.39 is 0 Å². The van der Waals surface area contributed by atoms with E-state index in [-0.39, 0.29) is 18.6 Å². The quantitative estimate of drug-likeness (QED) is 0.846. The highest BCUT2D eigenvalue weighted by Gasteiger charge is 2.20. The number of aliphatic hydroxyl groups excluding tert-OH is 1. The molecule has 0 aliphatic carbocycles. The summed E-state index contributed by atoms with van der Waals surface area (Å²) in [5.74, 6) is 0.0538. The highest BCUT2D eigenvalue weighted by atomic mass is 16.3. The average molecular weight is 262 g/mol. The van der Waals surface area contributed by atoms with E-state index in [1.54, 1.807) is 0 Å². The maximum atomic E-state index is 12.5. The summed E-state index contributed by atoms with van der Waals surface area (Å²) in [4.78, 5) is 14.3. The zero-order chi connectivity index (χ0) is 13.8. The van der Waals surface area contributed by atoms with E-state index in [2.05, 4.69) is 5.32 Å².